The third-order valence-electron chi connectivity index (χ3n) is 4.25. The van der Waals surface area contributed by atoms with Crippen molar-refractivity contribution in [2.24, 2.45) is 5.41 Å². The minimum atomic E-state index is -0.673. The standard InChI is InChI=1S/C20H20N2O3/c1-20(2,13-23)12-22-18(11-21)17-10-15(8-9-16(17)19(22)24)25-14-6-4-3-5-7-14/h3-10,18,23H,12-13H2,1-2H3. The SMILES string of the molecule is CC(C)(CO)CN1C(=O)c2ccc(Oc3ccccc3)cc2C1C#N. The van der Waals surface area contributed by atoms with E-state index in [9.17, 15) is 15.2 Å². The third kappa shape index (κ3) is 3.35. The average molecular weight is 336 g/mol. The third-order valence-corrected chi connectivity index (χ3v) is 4.25. The van der Waals surface area contributed by atoms with Gasteiger partial charge in [-0.25, -0.2) is 0 Å². The smallest absolute Gasteiger partial charge is 0.255 e. The van der Waals surface area contributed by atoms with Crippen LogP contribution in [0.4, 0.5) is 0 Å². The summed E-state index contributed by atoms with van der Waals surface area (Å²) in [6, 6.07) is 16.1. The first-order chi connectivity index (χ1) is 11.9. The number of rotatable bonds is 5. The van der Waals surface area contributed by atoms with Crippen molar-refractivity contribution in [3.05, 3.63) is 59.7 Å². The van der Waals surface area contributed by atoms with Crippen molar-refractivity contribution in [3.63, 3.8) is 0 Å². The van der Waals surface area contributed by atoms with Crippen LogP contribution in [0.15, 0.2) is 48.5 Å². The van der Waals surface area contributed by atoms with E-state index in [0.29, 0.717) is 29.2 Å². The molecule has 2 aromatic carbocycles. The number of hydrogen-bond donors (Lipinski definition) is 1. The van der Waals surface area contributed by atoms with Crippen LogP contribution in [0.5, 0.6) is 11.5 Å². The molecule has 0 saturated heterocycles. The van der Waals surface area contributed by atoms with E-state index in [2.05, 4.69) is 6.07 Å². The molecule has 2 aromatic rings. The number of nitrogens with zero attached hydrogens (tertiary/aromatic N) is 2. The summed E-state index contributed by atoms with van der Waals surface area (Å²) in [5.41, 5.74) is 0.686. The fraction of sp³-hybridized carbons (Fsp3) is 0.300. The van der Waals surface area contributed by atoms with Gasteiger partial charge in [-0.15, -0.1) is 0 Å². The molecule has 1 heterocycles. The maximum absolute atomic E-state index is 12.7. The molecule has 0 saturated carbocycles. The number of aliphatic hydroxyl groups excluding tert-OH is 1. The maximum atomic E-state index is 12.7. The number of ether oxygens (including phenoxy) is 1. The zero-order valence-electron chi connectivity index (χ0n) is 14.3. The lowest BCUT2D eigenvalue weighted by atomic mass is 9.93. The zero-order valence-corrected chi connectivity index (χ0v) is 14.3. The molecule has 128 valence electrons. The quantitative estimate of drug-likeness (QED) is 0.906. The molecule has 5 heteroatoms. The van der Waals surface area contributed by atoms with Gasteiger partial charge in [0, 0.05) is 29.7 Å². The Hall–Kier alpha value is -2.84. The van der Waals surface area contributed by atoms with E-state index in [1.807, 2.05) is 44.2 Å². The van der Waals surface area contributed by atoms with Crippen molar-refractivity contribution in [2.75, 3.05) is 13.2 Å². The lowest BCUT2D eigenvalue weighted by Gasteiger charge is -2.30. The summed E-state index contributed by atoms with van der Waals surface area (Å²) in [4.78, 5) is 14.2. The molecule has 1 amide bonds. The Balaban J connectivity index is 1.91. The predicted octanol–water partition coefficient (Wildman–Crippen LogP) is 3.52. The van der Waals surface area contributed by atoms with E-state index in [0.717, 1.165) is 0 Å². The molecule has 0 aromatic heterocycles. The van der Waals surface area contributed by atoms with E-state index in [1.165, 1.54) is 4.90 Å². The highest BCUT2D eigenvalue weighted by Crippen LogP contribution is 2.38. The van der Waals surface area contributed by atoms with Crippen LogP contribution in [0.2, 0.25) is 0 Å². The Morgan fingerprint density at radius 1 is 1.20 bits per heavy atom. The number of nitriles is 1. The summed E-state index contributed by atoms with van der Waals surface area (Å²) in [5.74, 6) is 1.09. The molecule has 1 N–H and O–H groups in total. The van der Waals surface area contributed by atoms with E-state index < -0.39 is 11.5 Å². The summed E-state index contributed by atoms with van der Waals surface area (Å²) in [6.07, 6.45) is 0. The van der Waals surface area contributed by atoms with Gasteiger partial charge in [-0.1, -0.05) is 32.0 Å². The van der Waals surface area contributed by atoms with Gasteiger partial charge in [0.2, 0.25) is 0 Å². The topological polar surface area (TPSA) is 73.6 Å². The van der Waals surface area contributed by atoms with Gasteiger partial charge in [0.15, 0.2) is 0 Å². The highest BCUT2D eigenvalue weighted by Gasteiger charge is 2.39. The number of amides is 1. The molecule has 1 aliphatic rings. The number of para-hydroxylation sites is 1. The molecule has 0 spiro atoms. The first-order valence-corrected chi connectivity index (χ1v) is 8.13. The van der Waals surface area contributed by atoms with E-state index >= 15 is 0 Å². The van der Waals surface area contributed by atoms with Gasteiger partial charge < -0.3 is 14.7 Å². The molecule has 0 fully saturated rings. The Labute approximate surface area is 147 Å². The molecule has 0 aliphatic carbocycles. The fourth-order valence-electron chi connectivity index (χ4n) is 2.90. The summed E-state index contributed by atoms with van der Waals surface area (Å²) in [6.45, 7) is 3.97. The number of hydrogen-bond acceptors (Lipinski definition) is 4. The van der Waals surface area contributed by atoms with Gasteiger partial charge in [-0.05, 0) is 30.3 Å². The molecule has 5 nitrogen and oxygen atoms in total. The molecule has 3 rings (SSSR count). The molecule has 1 atom stereocenters. The lowest BCUT2D eigenvalue weighted by Crippen LogP contribution is -2.38. The van der Waals surface area contributed by atoms with Crippen LogP contribution in [0.25, 0.3) is 0 Å². The van der Waals surface area contributed by atoms with E-state index in [4.69, 9.17) is 4.74 Å². The van der Waals surface area contributed by atoms with Crippen molar-refractivity contribution in [1.29, 1.82) is 5.26 Å². The molecule has 0 radical (unpaired) electrons. The Kier molecular flexibility index (Phi) is 4.47. The van der Waals surface area contributed by atoms with E-state index in [-0.39, 0.29) is 12.5 Å². The second-order valence-electron chi connectivity index (χ2n) is 6.95. The molecule has 1 aliphatic heterocycles. The maximum Gasteiger partial charge on any atom is 0.255 e. The number of benzene rings is 2. The monoisotopic (exact) mass is 336 g/mol. The Bertz CT molecular complexity index is 825. The summed E-state index contributed by atoms with van der Waals surface area (Å²) in [7, 11) is 0. The largest absolute Gasteiger partial charge is 0.457 e. The summed E-state index contributed by atoms with van der Waals surface area (Å²) >= 11 is 0. The molecular formula is C20H20N2O3. The minimum absolute atomic E-state index is 0.0619. The van der Waals surface area contributed by atoms with Crippen molar-refractivity contribution in [3.8, 4) is 17.6 Å². The van der Waals surface area contributed by atoms with E-state index in [1.54, 1.807) is 18.2 Å². The van der Waals surface area contributed by atoms with Crippen LogP contribution >= 0.6 is 0 Å². The van der Waals surface area contributed by atoms with Gasteiger partial charge in [0.1, 0.15) is 17.5 Å². The van der Waals surface area contributed by atoms with Crippen LogP contribution in [0.3, 0.4) is 0 Å². The van der Waals surface area contributed by atoms with Gasteiger partial charge >= 0.3 is 0 Å². The lowest BCUT2D eigenvalue weighted by molar-refractivity contribution is 0.0591. The Morgan fingerprint density at radius 2 is 1.92 bits per heavy atom. The van der Waals surface area contributed by atoms with Gasteiger partial charge in [-0.2, -0.15) is 5.26 Å². The van der Waals surface area contributed by atoms with Gasteiger partial charge in [-0.3, -0.25) is 4.79 Å². The molecule has 1 unspecified atom stereocenters. The number of aliphatic hydroxyl groups is 1. The van der Waals surface area contributed by atoms with Crippen molar-refractivity contribution >= 4 is 5.91 Å². The van der Waals surface area contributed by atoms with Crippen molar-refractivity contribution in [2.45, 2.75) is 19.9 Å². The number of carbonyl (C=O) groups is 1. The van der Waals surface area contributed by atoms with Crippen molar-refractivity contribution < 1.29 is 14.6 Å². The highest BCUT2D eigenvalue weighted by molar-refractivity contribution is 6.00. The van der Waals surface area contributed by atoms with Gasteiger partial charge in [0.05, 0.1) is 6.07 Å². The molecular weight excluding hydrogens is 316 g/mol. The Morgan fingerprint density at radius 3 is 2.56 bits per heavy atom. The first kappa shape index (κ1) is 17.0. The average Bonchev–Trinajstić information content (AvgIpc) is 2.86. The second kappa shape index (κ2) is 6.58. The number of fused-ring (bicyclic) bond motifs is 1. The van der Waals surface area contributed by atoms with Crippen LogP contribution in [0, 0.1) is 16.7 Å². The fourth-order valence-corrected chi connectivity index (χ4v) is 2.90. The predicted molar refractivity (Wildman–Crippen MR) is 93.2 cm³/mol. The van der Waals surface area contributed by atoms with Crippen LogP contribution in [-0.4, -0.2) is 29.1 Å². The van der Waals surface area contributed by atoms with Gasteiger partial charge in [0.25, 0.3) is 5.91 Å². The second-order valence-corrected chi connectivity index (χ2v) is 6.95. The van der Waals surface area contributed by atoms with Crippen molar-refractivity contribution in [1.82, 2.24) is 4.90 Å². The molecule has 25 heavy (non-hydrogen) atoms. The number of carbonyl (C=O) groups excluding carboxylic acids is 1. The molecule has 0 bridgehead atoms. The van der Waals surface area contributed by atoms with Crippen LogP contribution in [0.1, 0.15) is 35.8 Å². The highest BCUT2D eigenvalue weighted by atomic mass is 16.5. The first-order valence-electron chi connectivity index (χ1n) is 8.13. The van der Waals surface area contributed by atoms with Crippen LogP contribution < -0.4 is 4.74 Å². The normalized spacial score (nSPS) is 16.5. The minimum Gasteiger partial charge on any atom is -0.457 e. The van der Waals surface area contributed by atoms with Crippen LogP contribution in [-0.2, 0) is 0 Å². The summed E-state index contributed by atoms with van der Waals surface area (Å²) in [5, 5.41) is 19.1. The zero-order chi connectivity index (χ0) is 18.0. The summed E-state index contributed by atoms with van der Waals surface area (Å²) < 4.78 is 5.81.